The van der Waals surface area contributed by atoms with Gasteiger partial charge in [-0.2, -0.15) is 5.26 Å². The van der Waals surface area contributed by atoms with Crippen LogP contribution in [0.2, 0.25) is 5.02 Å². The Morgan fingerprint density at radius 3 is 2.40 bits per heavy atom. The number of hydrogen-bond donors (Lipinski definition) is 0. The highest BCUT2D eigenvalue weighted by Crippen LogP contribution is 2.31. The summed E-state index contributed by atoms with van der Waals surface area (Å²) in [5.74, 6) is -0.566. The lowest BCUT2D eigenvalue weighted by atomic mass is 10.1. The standard InChI is InChI=1S/C22H18ClFN4O2/c1-26-19-7-4-15(23)12-17(19)20(18(13-25)22(26)30)27-8-10-28(11-9-27)21(29)14-2-5-16(24)6-3-14/h2-7,12H,8-11H2,1H3. The molecule has 1 aromatic heterocycles. The molecule has 3 aromatic rings. The molecule has 1 fully saturated rings. The second kappa shape index (κ2) is 7.81. The first-order valence-corrected chi connectivity index (χ1v) is 9.80. The molecule has 0 N–H and O–H groups in total. The average Bonchev–Trinajstić information content (AvgIpc) is 2.76. The molecular formula is C22H18ClFN4O2. The Balaban J connectivity index is 1.67. The molecule has 1 amide bonds. The van der Waals surface area contributed by atoms with Crippen LogP contribution in [0.3, 0.4) is 0 Å². The first-order valence-electron chi connectivity index (χ1n) is 9.43. The molecule has 4 rings (SSSR count). The maximum absolute atomic E-state index is 13.1. The lowest BCUT2D eigenvalue weighted by Crippen LogP contribution is -2.49. The molecule has 30 heavy (non-hydrogen) atoms. The molecule has 0 radical (unpaired) electrons. The average molecular weight is 425 g/mol. The number of nitriles is 1. The van der Waals surface area contributed by atoms with Crippen LogP contribution in [0.15, 0.2) is 47.3 Å². The summed E-state index contributed by atoms with van der Waals surface area (Å²) in [6.45, 7) is 1.74. The molecule has 0 saturated carbocycles. The van der Waals surface area contributed by atoms with Gasteiger partial charge in [-0.05, 0) is 42.5 Å². The van der Waals surface area contributed by atoms with Crippen LogP contribution in [0.1, 0.15) is 15.9 Å². The Kier molecular flexibility index (Phi) is 5.18. The fraction of sp³-hybridized carbons (Fsp3) is 0.227. The van der Waals surface area contributed by atoms with Crippen molar-refractivity contribution in [2.75, 3.05) is 31.1 Å². The van der Waals surface area contributed by atoms with Crippen LogP contribution in [0.25, 0.3) is 10.9 Å². The SMILES string of the molecule is Cn1c(=O)c(C#N)c(N2CCN(C(=O)c3ccc(F)cc3)CC2)c2cc(Cl)ccc21. The van der Waals surface area contributed by atoms with Gasteiger partial charge in [-0.15, -0.1) is 0 Å². The number of carbonyl (C=O) groups excluding carboxylic acids is 1. The molecule has 1 saturated heterocycles. The number of nitrogens with zero attached hydrogens (tertiary/aromatic N) is 4. The summed E-state index contributed by atoms with van der Waals surface area (Å²) >= 11 is 6.19. The van der Waals surface area contributed by atoms with Crippen LogP contribution >= 0.6 is 11.6 Å². The van der Waals surface area contributed by atoms with Crippen molar-refractivity contribution in [3.05, 3.63) is 74.8 Å². The highest BCUT2D eigenvalue weighted by Gasteiger charge is 2.26. The van der Waals surface area contributed by atoms with Crippen molar-refractivity contribution >= 4 is 34.1 Å². The third-order valence-corrected chi connectivity index (χ3v) is 5.65. The number of fused-ring (bicyclic) bond motifs is 1. The summed E-state index contributed by atoms with van der Waals surface area (Å²) in [5, 5.41) is 10.9. The molecule has 0 unspecified atom stereocenters. The Labute approximate surface area is 177 Å². The van der Waals surface area contributed by atoms with Gasteiger partial charge in [0.25, 0.3) is 11.5 Å². The van der Waals surface area contributed by atoms with Gasteiger partial charge in [0, 0.05) is 49.2 Å². The summed E-state index contributed by atoms with van der Waals surface area (Å²) < 4.78 is 14.6. The van der Waals surface area contributed by atoms with Gasteiger partial charge in [0.05, 0.1) is 11.2 Å². The minimum atomic E-state index is -0.392. The first kappa shape index (κ1) is 19.9. The van der Waals surface area contributed by atoms with Gasteiger partial charge in [0.2, 0.25) is 0 Å². The number of aryl methyl sites for hydroxylation is 1. The number of carbonyl (C=O) groups is 1. The molecule has 1 aliphatic rings. The van der Waals surface area contributed by atoms with Gasteiger partial charge < -0.3 is 14.4 Å². The van der Waals surface area contributed by atoms with Crippen LogP contribution in [0, 0.1) is 17.1 Å². The maximum Gasteiger partial charge on any atom is 0.270 e. The van der Waals surface area contributed by atoms with Crippen molar-refractivity contribution in [2.45, 2.75) is 0 Å². The van der Waals surface area contributed by atoms with E-state index in [9.17, 15) is 19.2 Å². The number of rotatable bonds is 2. The topological polar surface area (TPSA) is 69.3 Å². The number of pyridine rings is 1. The Morgan fingerprint density at radius 2 is 1.77 bits per heavy atom. The fourth-order valence-electron chi connectivity index (χ4n) is 3.84. The molecule has 6 nitrogen and oxygen atoms in total. The zero-order chi connectivity index (χ0) is 21.4. The van der Waals surface area contributed by atoms with Gasteiger partial charge in [-0.25, -0.2) is 4.39 Å². The number of aromatic nitrogens is 1. The van der Waals surface area contributed by atoms with Crippen molar-refractivity contribution in [1.82, 2.24) is 9.47 Å². The first-order chi connectivity index (χ1) is 14.4. The van der Waals surface area contributed by atoms with Gasteiger partial charge in [0.15, 0.2) is 0 Å². The van der Waals surface area contributed by atoms with Gasteiger partial charge >= 0.3 is 0 Å². The summed E-state index contributed by atoms with van der Waals surface area (Å²) in [5.41, 5.74) is 1.35. The van der Waals surface area contributed by atoms with E-state index in [4.69, 9.17) is 11.6 Å². The van der Waals surface area contributed by atoms with E-state index < -0.39 is 5.82 Å². The van der Waals surface area contributed by atoms with Gasteiger partial charge in [-0.3, -0.25) is 9.59 Å². The fourth-order valence-corrected chi connectivity index (χ4v) is 4.01. The molecule has 2 aromatic carbocycles. The highest BCUT2D eigenvalue weighted by atomic mass is 35.5. The Hall–Kier alpha value is -3.37. The predicted octanol–water partition coefficient (Wildman–Crippen LogP) is 3.17. The molecule has 1 aliphatic heterocycles. The minimum absolute atomic E-state index is 0.0607. The highest BCUT2D eigenvalue weighted by molar-refractivity contribution is 6.31. The molecule has 0 aliphatic carbocycles. The zero-order valence-corrected chi connectivity index (χ0v) is 17.0. The number of anilines is 1. The monoisotopic (exact) mass is 424 g/mol. The van der Waals surface area contributed by atoms with Crippen LogP contribution in [0.4, 0.5) is 10.1 Å². The van der Waals surface area contributed by atoms with Crippen molar-refractivity contribution in [2.24, 2.45) is 7.05 Å². The second-order valence-electron chi connectivity index (χ2n) is 7.15. The normalized spacial score (nSPS) is 14.1. The van der Waals surface area contributed by atoms with Crippen molar-refractivity contribution in [3.63, 3.8) is 0 Å². The van der Waals surface area contributed by atoms with Crippen molar-refractivity contribution in [1.29, 1.82) is 5.26 Å². The number of hydrogen-bond acceptors (Lipinski definition) is 4. The van der Waals surface area contributed by atoms with Crippen molar-refractivity contribution in [3.8, 4) is 6.07 Å². The van der Waals surface area contributed by atoms with Crippen molar-refractivity contribution < 1.29 is 9.18 Å². The van der Waals surface area contributed by atoms with E-state index in [2.05, 4.69) is 0 Å². The van der Waals surface area contributed by atoms with Gasteiger partial charge in [-0.1, -0.05) is 11.6 Å². The van der Waals surface area contributed by atoms with Crippen LogP contribution < -0.4 is 10.5 Å². The van der Waals surface area contributed by atoms with Gasteiger partial charge in [0.1, 0.15) is 17.4 Å². The lowest BCUT2D eigenvalue weighted by Gasteiger charge is -2.37. The second-order valence-corrected chi connectivity index (χ2v) is 7.58. The maximum atomic E-state index is 13.1. The largest absolute Gasteiger partial charge is 0.366 e. The molecule has 152 valence electrons. The van der Waals surface area contributed by atoms with E-state index in [1.807, 2.05) is 11.0 Å². The molecular weight excluding hydrogens is 407 g/mol. The predicted molar refractivity (Wildman–Crippen MR) is 113 cm³/mol. The smallest absolute Gasteiger partial charge is 0.270 e. The van der Waals surface area contributed by atoms with E-state index in [-0.39, 0.29) is 17.0 Å². The third kappa shape index (κ3) is 3.40. The van der Waals surface area contributed by atoms with E-state index in [1.54, 1.807) is 30.1 Å². The molecule has 8 heteroatoms. The summed E-state index contributed by atoms with van der Waals surface area (Å²) in [6.07, 6.45) is 0. The van der Waals surface area contributed by atoms with E-state index in [0.717, 1.165) is 5.39 Å². The van der Waals surface area contributed by atoms with Crippen LogP contribution in [-0.4, -0.2) is 41.6 Å². The third-order valence-electron chi connectivity index (χ3n) is 5.42. The molecule has 2 heterocycles. The number of benzene rings is 2. The zero-order valence-electron chi connectivity index (χ0n) is 16.2. The van der Waals surface area contributed by atoms with Crippen LogP contribution in [-0.2, 0) is 7.05 Å². The van der Waals surface area contributed by atoms with E-state index in [0.29, 0.717) is 48.0 Å². The molecule has 0 bridgehead atoms. The van der Waals surface area contributed by atoms with Crippen LogP contribution in [0.5, 0.6) is 0 Å². The summed E-state index contributed by atoms with van der Waals surface area (Å²) in [6, 6.07) is 12.7. The number of halogens is 2. The van der Waals surface area contributed by atoms with E-state index >= 15 is 0 Å². The summed E-state index contributed by atoms with van der Waals surface area (Å²) in [7, 11) is 1.63. The lowest BCUT2D eigenvalue weighted by molar-refractivity contribution is 0.0747. The quantitative estimate of drug-likeness (QED) is 0.633. The minimum Gasteiger partial charge on any atom is -0.366 e. The molecule has 0 spiro atoms. The number of piperazine rings is 1. The Morgan fingerprint density at radius 1 is 1.10 bits per heavy atom. The van der Waals surface area contributed by atoms with E-state index in [1.165, 1.54) is 28.8 Å². The Bertz CT molecular complexity index is 1240. The summed E-state index contributed by atoms with van der Waals surface area (Å²) in [4.78, 5) is 29.1. The molecule has 0 atom stereocenters. The number of amides is 1.